The molecule has 0 spiro atoms. The summed E-state index contributed by atoms with van der Waals surface area (Å²) in [5.74, 6) is -0.0405. The number of nitrogens with one attached hydrogen (secondary N) is 2. The Kier molecular flexibility index (Phi) is 11.4. The average molecular weight is 330 g/mol. The lowest BCUT2D eigenvalue weighted by atomic mass is 10.1. The predicted octanol–water partition coefficient (Wildman–Crippen LogP) is 1.57. The summed E-state index contributed by atoms with van der Waals surface area (Å²) < 4.78 is 4.88. The number of ether oxygens (including phenoxy) is 1. The van der Waals surface area contributed by atoms with E-state index >= 15 is 0 Å². The molecule has 8 heteroatoms. The monoisotopic (exact) mass is 329 g/mol. The molecule has 112 valence electrons. The van der Waals surface area contributed by atoms with Crippen molar-refractivity contribution in [1.82, 2.24) is 15.6 Å². The Labute approximate surface area is 130 Å². The second-order valence-electron chi connectivity index (χ2n) is 4.18. The maximum Gasteiger partial charge on any atom is 0.234 e. The summed E-state index contributed by atoms with van der Waals surface area (Å²) in [7, 11) is 1.63. The van der Waals surface area contributed by atoms with Crippen molar-refractivity contribution in [2.45, 2.75) is 19.4 Å². The lowest BCUT2D eigenvalue weighted by molar-refractivity contribution is -0.121. The number of methoxy groups -OCH3 is 1. The van der Waals surface area contributed by atoms with Gasteiger partial charge in [0.15, 0.2) is 0 Å². The molecule has 0 aliphatic carbocycles. The van der Waals surface area contributed by atoms with Crippen LogP contribution in [0.3, 0.4) is 0 Å². The molecular weight excluding hydrogens is 309 g/mol. The summed E-state index contributed by atoms with van der Waals surface area (Å²) in [5.41, 5.74) is -0.422. The number of nitrogens with zero attached hydrogens (tertiary/aromatic N) is 1. The number of thiazole rings is 1. The first-order chi connectivity index (χ1) is 8.06. The molecule has 0 aliphatic rings. The normalized spacial score (nSPS) is 10.3. The summed E-state index contributed by atoms with van der Waals surface area (Å²) in [6, 6.07) is 0. The van der Waals surface area contributed by atoms with Crippen LogP contribution in [0.15, 0.2) is 11.6 Å². The molecule has 5 nitrogen and oxygen atoms in total. The number of carbonyl (C=O) groups excluding carboxylic acids is 1. The third-order valence-corrected chi connectivity index (χ3v) is 3.28. The molecule has 2 N–H and O–H groups in total. The van der Waals surface area contributed by atoms with Gasteiger partial charge in [0.25, 0.3) is 0 Å². The number of aromatic nitrogens is 1. The fourth-order valence-electron chi connectivity index (χ4n) is 1.35. The maximum absolute atomic E-state index is 11.7. The molecule has 1 aromatic rings. The van der Waals surface area contributed by atoms with Crippen LogP contribution in [0.25, 0.3) is 0 Å². The number of hydrogen-bond donors (Lipinski definition) is 2. The molecule has 1 aromatic heterocycles. The topological polar surface area (TPSA) is 63.2 Å². The molecule has 1 heterocycles. The zero-order valence-electron chi connectivity index (χ0n) is 11.3. The second kappa shape index (κ2) is 10.4. The van der Waals surface area contributed by atoms with E-state index in [0.717, 1.165) is 5.01 Å². The van der Waals surface area contributed by atoms with Gasteiger partial charge in [0.2, 0.25) is 5.91 Å². The number of hydrogen-bond acceptors (Lipinski definition) is 5. The summed E-state index contributed by atoms with van der Waals surface area (Å²) in [5, 5.41) is 8.75. The molecule has 0 aromatic carbocycles. The lowest BCUT2D eigenvalue weighted by Crippen LogP contribution is -2.45. The minimum absolute atomic E-state index is 0. The Balaban J connectivity index is 0. The Hall–Kier alpha value is -0.400. The van der Waals surface area contributed by atoms with Crippen molar-refractivity contribution in [3.8, 4) is 0 Å². The van der Waals surface area contributed by atoms with Crippen molar-refractivity contribution in [1.29, 1.82) is 0 Å². The molecule has 0 saturated carbocycles. The Bertz CT molecular complexity index is 348. The fourth-order valence-corrected chi connectivity index (χ4v) is 2.07. The van der Waals surface area contributed by atoms with Crippen LogP contribution in [0.4, 0.5) is 0 Å². The van der Waals surface area contributed by atoms with Crippen LogP contribution in [0.1, 0.15) is 18.9 Å². The average Bonchev–Trinajstić information content (AvgIpc) is 2.77. The third-order valence-electron chi connectivity index (χ3n) is 2.19. The van der Waals surface area contributed by atoms with E-state index in [4.69, 9.17) is 4.74 Å². The third kappa shape index (κ3) is 7.69. The number of amides is 1. The van der Waals surface area contributed by atoms with E-state index in [2.05, 4.69) is 15.6 Å². The van der Waals surface area contributed by atoms with Crippen LogP contribution in [0.2, 0.25) is 0 Å². The summed E-state index contributed by atoms with van der Waals surface area (Å²) >= 11 is 1.54. The van der Waals surface area contributed by atoms with E-state index in [1.165, 1.54) is 11.3 Å². The molecule has 0 aliphatic heterocycles. The van der Waals surface area contributed by atoms with Crippen LogP contribution < -0.4 is 10.6 Å². The van der Waals surface area contributed by atoms with E-state index in [-0.39, 0.29) is 37.3 Å². The Morgan fingerprint density at radius 2 is 2.16 bits per heavy atom. The van der Waals surface area contributed by atoms with Gasteiger partial charge in [-0.15, -0.1) is 36.2 Å². The predicted molar refractivity (Wildman–Crippen MR) is 82.5 cm³/mol. The highest BCUT2D eigenvalue weighted by Gasteiger charge is 2.24. The van der Waals surface area contributed by atoms with Crippen LogP contribution >= 0.6 is 36.2 Å². The van der Waals surface area contributed by atoms with E-state index < -0.39 is 5.54 Å². The Morgan fingerprint density at radius 3 is 2.68 bits per heavy atom. The van der Waals surface area contributed by atoms with Crippen molar-refractivity contribution in [2.24, 2.45) is 0 Å². The lowest BCUT2D eigenvalue weighted by Gasteiger charge is -2.23. The first-order valence-electron chi connectivity index (χ1n) is 5.47. The summed E-state index contributed by atoms with van der Waals surface area (Å²) in [6.07, 6.45) is 1.74. The molecule has 0 atom stereocenters. The van der Waals surface area contributed by atoms with Crippen molar-refractivity contribution in [2.75, 3.05) is 26.8 Å². The van der Waals surface area contributed by atoms with Crippen LogP contribution in [0.5, 0.6) is 0 Å². The van der Waals surface area contributed by atoms with Crippen LogP contribution in [0, 0.1) is 0 Å². The van der Waals surface area contributed by atoms with Gasteiger partial charge in [0.1, 0.15) is 5.01 Å². The van der Waals surface area contributed by atoms with E-state index in [0.29, 0.717) is 13.2 Å². The SMILES string of the molecule is COCCNCC(=O)NC(C)(C)c1nccs1.Cl.Cl. The molecule has 1 amide bonds. The van der Waals surface area contributed by atoms with Crippen molar-refractivity contribution >= 4 is 42.1 Å². The maximum atomic E-state index is 11.7. The number of rotatable bonds is 7. The molecule has 0 unspecified atom stereocenters. The van der Waals surface area contributed by atoms with Gasteiger partial charge in [-0.1, -0.05) is 0 Å². The van der Waals surface area contributed by atoms with Gasteiger partial charge in [-0.2, -0.15) is 0 Å². The van der Waals surface area contributed by atoms with Crippen LogP contribution in [-0.2, 0) is 15.1 Å². The number of halogens is 2. The molecule has 19 heavy (non-hydrogen) atoms. The minimum atomic E-state index is -0.422. The van der Waals surface area contributed by atoms with Gasteiger partial charge in [-0.05, 0) is 13.8 Å². The fraction of sp³-hybridized carbons (Fsp3) is 0.636. The zero-order chi connectivity index (χ0) is 12.7. The number of carbonyl (C=O) groups is 1. The van der Waals surface area contributed by atoms with Gasteiger partial charge in [0.05, 0.1) is 18.7 Å². The second-order valence-corrected chi connectivity index (χ2v) is 5.07. The Morgan fingerprint density at radius 1 is 1.47 bits per heavy atom. The highest BCUT2D eigenvalue weighted by Crippen LogP contribution is 2.21. The molecule has 0 bridgehead atoms. The largest absolute Gasteiger partial charge is 0.383 e. The van der Waals surface area contributed by atoms with Crippen molar-refractivity contribution < 1.29 is 9.53 Å². The van der Waals surface area contributed by atoms with E-state index in [1.807, 2.05) is 19.2 Å². The van der Waals surface area contributed by atoms with Gasteiger partial charge in [0, 0.05) is 25.2 Å². The molecular formula is C11H21Cl2N3O2S. The van der Waals surface area contributed by atoms with Gasteiger partial charge in [-0.3, -0.25) is 4.79 Å². The summed E-state index contributed by atoms with van der Waals surface area (Å²) in [4.78, 5) is 15.9. The first kappa shape index (κ1) is 20.9. The molecule has 0 saturated heterocycles. The van der Waals surface area contributed by atoms with Gasteiger partial charge >= 0.3 is 0 Å². The standard InChI is InChI=1S/C11H19N3O2S.2ClH/c1-11(2,10-13-5-7-17-10)14-9(15)8-12-4-6-16-3;;/h5,7,12H,4,6,8H2,1-3H3,(H,14,15);2*1H. The zero-order valence-corrected chi connectivity index (χ0v) is 13.7. The minimum Gasteiger partial charge on any atom is -0.383 e. The van der Waals surface area contributed by atoms with Crippen molar-refractivity contribution in [3.63, 3.8) is 0 Å². The van der Waals surface area contributed by atoms with Gasteiger partial charge < -0.3 is 15.4 Å². The van der Waals surface area contributed by atoms with E-state index in [1.54, 1.807) is 13.3 Å². The van der Waals surface area contributed by atoms with Crippen LogP contribution in [-0.4, -0.2) is 37.7 Å². The van der Waals surface area contributed by atoms with Gasteiger partial charge in [-0.25, -0.2) is 4.98 Å². The van der Waals surface area contributed by atoms with Crippen molar-refractivity contribution in [3.05, 3.63) is 16.6 Å². The summed E-state index contributed by atoms with van der Waals surface area (Å²) in [6.45, 7) is 5.45. The quantitative estimate of drug-likeness (QED) is 0.745. The highest BCUT2D eigenvalue weighted by molar-refractivity contribution is 7.09. The smallest absolute Gasteiger partial charge is 0.234 e. The molecule has 0 fully saturated rings. The molecule has 1 rings (SSSR count). The van der Waals surface area contributed by atoms with E-state index in [9.17, 15) is 4.79 Å². The molecule has 0 radical (unpaired) electrons. The highest BCUT2D eigenvalue weighted by atomic mass is 35.5. The first-order valence-corrected chi connectivity index (χ1v) is 6.35.